The molecule has 0 aromatic heterocycles. The second-order valence-electron chi connectivity index (χ2n) is 5.45. The van der Waals surface area contributed by atoms with E-state index < -0.39 is 10.0 Å². The number of rotatable bonds is 6. The molecule has 1 aromatic rings. The zero-order valence-corrected chi connectivity index (χ0v) is 13.1. The van der Waals surface area contributed by atoms with Crippen molar-refractivity contribution >= 4 is 21.6 Å². The van der Waals surface area contributed by atoms with Gasteiger partial charge in [0, 0.05) is 24.7 Å². The average molecular weight is 311 g/mol. The van der Waals surface area contributed by atoms with Gasteiger partial charge in [-0.2, -0.15) is 0 Å². The van der Waals surface area contributed by atoms with Gasteiger partial charge in [0.15, 0.2) is 0 Å². The summed E-state index contributed by atoms with van der Waals surface area (Å²) in [6.07, 6.45) is 2.16. The molecule has 1 saturated carbocycles. The van der Waals surface area contributed by atoms with Gasteiger partial charge in [-0.05, 0) is 49.9 Å². The number of nitrogens with one attached hydrogen (secondary N) is 2. The molecule has 1 fully saturated rings. The molecule has 0 aliphatic heterocycles. The first kappa shape index (κ1) is 15.8. The standard InChI is InChI=1S/C14H21N3O3S/c1-9-7-11(15)8-13(10(9)2)21(19,20)16-6-5-14(18)17-12-3-4-12/h7-8,12,16H,3-6,15H2,1-2H3,(H,17,18). The Morgan fingerprint density at radius 2 is 2.00 bits per heavy atom. The van der Waals surface area contributed by atoms with Crippen molar-refractivity contribution in [1.29, 1.82) is 0 Å². The number of carbonyl (C=O) groups excluding carboxylic acids is 1. The average Bonchev–Trinajstić information content (AvgIpc) is 3.17. The maximum absolute atomic E-state index is 12.3. The van der Waals surface area contributed by atoms with Crippen molar-refractivity contribution in [2.45, 2.75) is 44.0 Å². The molecule has 1 amide bonds. The van der Waals surface area contributed by atoms with Gasteiger partial charge in [-0.1, -0.05) is 0 Å². The largest absolute Gasteiger partial charge is 0.399 e. The number of hydrogen-bond acceptors (Lipinski definition) is 4. The number of nitrogen functional groups attached to an aromatic ring is 1. The first-order valence-corrected chi connectivity index (χ1v) is 8.43. The summed E-state index contributed by atoms with van der Waals surface area (Å²) in [4.78, 5) is 11.7. The van der Waals surface area contributed by atoms with Crippen LogP contribution >= 0.6 is 0 Å². The van der Waals surface area contributed by atoms with Gasteiger partial charge < -0.3 is 11.1 Å². The van der Waals surface area contributed by atoms with Crippen molar-refractivity contribution in [2.24, 2.45) is 0 Å². The molecule has 1 aromatic carbocycles. The Bertz CT molecular complexity index is 652. The Hall–Kier alpha value is -1.60. The molecule has 1 aliphatic rings. The summed E-state index contributed by atoms with van der Waals surface area (Å²) in [5, 5.41) is 2.82. The summed E-state index contributed by atoms with van der Waals surface area (Å²) in [5.41, 5.74) is 7.60. The molecule has 2 rings (SSSR count). The first-order chi connectivity index (χ1) is 9.79. The number of anilines is 1. The van der Waals surface area contributed by atoms with E-state index in [-0.39, 0.29) is 29.8 Å². The number of aryl methyl sites for hydroxylation is 1. The van der Waals surface area contributed by atoms with E-state index in [1.807, 2.05) is 6.92 Å². The number of hydrogen-bond donors (Lipinski definition) is 3. The van der Waals surface area contributed by atoms with E-state index in [0.29, 0.717) is 11.3 Å². The van der Waals surface area contributed by atoms with Crippen LogP contribution < -0.4 is 15.8 Å². The fraction of sp³-hybridized carbons (Fsp3) is 0.500. The Labute approximate surface area is 125 Å². The maximum atomic E-state index is 12.3. The van der Waals surface area contributed by atoms with Gasteiger partial charge in [0.2, 0.25) is 15.9 Å². The smallest absolute Gasteiger partial charge is 0.240 e. The van der Waals surface area contributed by atoms with Crippen LogP contribution in [0, 0.1) is 13.8 Å². The Morgan fingerprint density at radius 1 is 1.33 bits per heavy atom. The van der Waals surface area contributed by atoms with E-state index in [4.69, 9.17) is 5.73 Å². The van der Waals surface area contributed by atoms with Crippen LogP contribution in [0.5, 0.6) is 0 Å². The molecule has 1 aliphatic carbocycles. The van der Waals surface area contributed by atoms with Crippen LogP contribution in [-0.2, 0) is 14.8 Å². The number of sulfonamides is 1. The molecule has 6 nitrogen and oxygen atoms in total. The van der Waals surface area contributed by atoms with Crippen LogP contribution in [0.3, 0.4) is 0 Å². The third-order valence-electron chi connectivity index (χ3n) is 3.52. The highest BCUT2D eigenvalue weighted by Gasteiger charge is 2.23. The third-order valence-corrected chi connectivity index (χ3v) is 5.11. The highest BCUT2D eigenvalue weighted by atomic mass is 32.2. The van der Waals surface area contributed by atoms with Gasteiger partial charge in [0.1, 0.15) is 0 Å². The molecule has 7 heteroatoms. The summed E-state index contributed by atoms with van der Waals surface area (Å²) >= 11 is 0. The predicted molar refractivity (Wildman–Crippen MR) is 81.3 cm³/mol. The molecule has 116 valence electrons. The van der Waals surface area contributed by atoms with Crippen molar-refractivity contribution in [3.8, 4) is 0 Å². The minimum absolute atomic E-state index is 0.0776. The number of amides is 1. The molecule has 0 atom stereocenters. The zero-order valence-electron chi connectivity index (χ0n) is 12.3. The van der Waals surface area contributed by atoms with Gasteiger partial charge in [-0.15, -0.1) is 0 Å². The topological polar surface area (TPSA) is 101 Å². The highest BCUT2D eigenvalue weighted by Crippen LogP contribution is 2.22. The van der Waals surface area contributed by atoms with Crippen molar-refractivity contribution in [3.05, 3.63) is 23.3 Å². The van der Waals surface area contributed by atoms with Crippen LogP contribution in [0.1, 0.15) is 30.4 Å². The highest BCUT2D eigenvalue weighted by molar-refractivity contribution is 7.89. The van der Waals surface area contributed by atoms with E-state index in [1.165, 1.54) is 6.07 Å². The first-order valence-electron chi connectivity index (χ1n) is 6.95. The fourth-order valence-corrected chi connectivity index (χ4v) is 3.42. The molecular formula is C14H21N3O3S. The quantitative estimate of drug-likeness (QED) is 0.677. The summed E-state index contributed by atoms with van der Waals surface area (Å²) in [5.74, 6) is -0.124. The zero-order chi connectivity index (χ0) is 15.6. The molecule has 0 spiro atoms. The molecule has 4 N–H and O–H groups in total. The number of nitrogens with two attached hydrogens (primary N) is 1. The molecule has 0 unspecified atom stereocenters. The fourth-order valence-electron chi connectivity index (χ4n) is 2.04. The lowest BCUT2D eigenvalue weighted by Crippen LogP contribution is -2.32. The van der Waals surface area contributed by atoms with E-state index in [0.717, 1.165) is 18.4 Å². The SMILES string of the molecule is Cc1cc(N)cc(S(=O)(=O)NCCC(=O)NC2CC2)c1C. The molecule has 21 heavy (non-hydrogen) atoms. The van der Waals surface area contributed by atoms with Gasteiger partial charge in [-0.25, -0.2) is 13.1 Å². The van der Waals surface area contributed by atoms with Crippen LogP contribution in [0.2, 0.25) is 0 Å². The molecule has 0 radical (unpaired) electrons. The van der Waals surface area contributed by atoms with Crippen LogP contribution in [0.25, 0.3) is 0 Å². The van der Waals surface area contributed by atoms with E-state index in [2.05, 4.69) is 10.0 Å². The monoisotopic (exact) mass is 311 g/mol. The molecule has 0 bridgehead atoms. The van der Waals surface area contributed by atoms with Crippen LogP contribution in [0.15, 0.2) is 17.0 Å². The van der Waals surface area contributed by atoms with Crippen LogP contribution in [-0.4, -0.2) is 26.9 Å². The van der Waals surface area contributed by atoms with E-state index in [9.17, 15) is 13.2 Å². The van der Waals surface area contributed by atoms with E-state index in [1.54, 1.807) is 13.0 Å². The van der Waals surface area contributed by atoms with Gasteiger partial charge in [0.05, 0.1) is 4.90 Å². The normalized spacial score (nSPS) is 15.0. The van der Waals surface area contributed by atoms with E-state index >= 15 is 0 Å². The van der Waals surface area contributed by atoms with Gasteiger partial charge in [0.25, 0.3) is 0 Å². The summed E-state index contributed by atoms with van der Waals surface area (Å²) in [6.45, 7) is 3.63. The second kappa shape index (κ2) is 6.03. The molecule has 0 saturated heterocycles. The summed E-state index contributed by atoms with van der Waals surface area (Å²) < 4.78 is 27.0. The molecular weight excluding hydrogens is 290 g/mol. The van der Waals surface area contributed by atoms with Crippen molar-refractivity contribution in [3.63, 3.8) is 0 Å². The summed E-state index contributed by atoms with van der Waals surface area (Å²) in [6, 6.07) is 3.46. The Morgan fingerprint density at radius 3 is 2.62 bits per heavy atom. The Balaban J connectivity index is 1.99. The minimum Gasteiger partial charge on any atom is -0.399 e. The molecule has 0 heterocycles. The lowest BCUT2D eigenvalue weighted by molar-refractivity contribution is -0.121. The third kappa shape index (κ3) is 4.18. The van der Waals surface area contributed by atoms with Crippen LogP contribution in [0.4, 0.5) is 5.69 Å². The number of carbonyl (C=O) groups is 1. The van der Waals surface area contributed by atoms with Gasteiger partial charge in [-0.3, -0.25) is 4.79 Å². The van der Waals surface area contributed by atoms with Crippen molar-refractivity contribution in [1.82, 2.24) is 10.0 Å². The predicted octanol–water partition coefficient (Wildman–Crippen LogP) is 0.833. The van der Waals surface area contributed by atoms with Gasteiger partial charge >= 0.3 is 0 Å². The minimum atomic E-state index is -3.65. The lowest BCUT2D eigenvalue weighted by atomic mass is 10.1. The summed E-state index contributed by atoms with van der Waals surface area (Å²) in [7, 11) is -3.65. The second-order valence-corrected chi connectivity index (χ2v) is 7.19. The maximum Gasteiger partial charge on any atom is 0.240 e. The lowest BCUT2D eigenvalue weighted by Gasteiger charge is -2.12. The Kier molecular flexibility index (Phi) is 4.53. The number of benzene rings is 1. The van der Waals surface area contributed by atoms with Crippen molar-refractivity contribution < 1.29 is 13.2 Å². The van der Waals surface area contributed by atoms with Crippen molar-refractivity contribution in [2.75, 3.05) is 12.3 Å².